The third-order valence-electron chi connectivity index (χ3n) is 3.64. The second-order valence-electron chi connectivity index (χ2n) is 5.11. The van der Waals surface area contributed by atoms with Crippen molar-refractivity contribution in [3.8, 4) is 0 Å². The Morgan fingerprint density at radius 3 is 3.33 bits per heavy atom. The summed E-state index contributed by atoms with van der Waals surface area (Å²) in [4.78, 5) is 6.52. The Balaban J connectivity index is 1.61. The Hall–Kier alpha value is -1.39. The van der Waals surface area contributed by atoms with Crippen molar-refractivity contribution in [2.45, 2.75) is 18.9 Å². The van der Waals surface area contributed by atoms with Crippen molar-refractivity contribution in [1.29, 1.82) is 0 Å². The Morgan fingerprint density at radius 2 is 2.44 bits per heavy atom. The van der Waals surface area contributed by atoms with Crippen LogP contribution in [-0.2, 0) is 6.42 Å². The number of likely N-dealkylation sites (N-methyl/N-ethyl adjacent to an activating group) is 1. The number of benzene rings is 1. The van der Waals surface area contributed by atoms with Gasteiger partial charge in [-0.3, -0.25) is 0 Å². The Kier molecular flexibility index (Phi) is 3.30. The standard InChI is InChI=1S/C14H19N3O/c1-17-7-6-15-12(9-17)4-2-11-3-5-13-14(8-11)18-10-16-13/h3,5,8,10,12,15H,2,4,6-7,9H2,1H3. The Bertz CT molecular complexity index is 522. The minimum atomic E-state index is 0.606. The van der Waals surface area contributed by atoms with Crippen LogP contribution in [0.3, 0.4) is 0 Å². The molecule has 96 valence electrons. The molecule has 1 atom stereocenters. The number of piperazine rings is 1. The summed E-state index contributed by atoms with van der Waals surface area (Å²) in [5.41, 5.74) is 3.16. The smallest absolute Gasteiger partial charge is 0.181 e. The van der Waals surface area contributed by atoms with Gasteiger partial charge in [0.25, 0.3) is 0 Å². The normalized spacial score (nSPS) is 21.5. The summed E-state index contributed by atoms with van der Waals surface area (Å²) < 4.78 is 5.33. The highest BCUT2D eigenvalue weighted by Gasteiger charge is 2.15. The zero-order chi connectivity index (χ0) is 12.4. The van der Waals surface area contributed by atoms with Crippen LogP contribution < -0.4 is 5.32 Å². The van der Waals surface area contributed by atoms with Crippen LogP contribution in [0.5, 0.6) is 0 Å². The third kappa shape index (κ3) is 2.54. The van der Waals surface area contributed by atoms with Gasteiger partial charge in [-0.2, -0.15) is 0 Å². The molecule has 2 aromatic rings. The van der Waals surface area contributed by atoms with Crippen molar-refractivity contribution in [3.05, 3.63) is 30.2 Å². The lowest BCUT2D eigenvalue weighted by Crippen LogP contribution is -2.49. The van der Waals surface area contributed by atoms with Crippen molar-refractivity contribution in [3.63, 3.8) is 0 Å². The molecule has 0 saturated carbocycles. The van der Waals surface area contributed by atoms with Gasteiger partial charge in [-0.25, -0.2) is 4.98 Å². The lowest BCUT2D eigenvalue weighted by Gasteiger charge is -2.30. The molecule has 0 aliphatic carbocycles. The molecule has 1 aliphatic heterocycles. The summed E-state index contributed by atoms with van der Waals surface area (Å²) in [5.74, 6) is 0. The maximum Gasteiger partial charge on any atom is 0.181 e. The summed E-state index contributed by atoms with van der Waals surface area (Å²) in [5, 5.41) is 3.57. The third-order valence-corrected chi connectivity index (χ3v) is 3.64. The molecule has 4 heteroatoms. The maximum atomic E-state index is 5.33. The van der Waals surface area contributed by atoms with Gasteiger partial charge in [0.2, 0.25) is 0 Å². The van der Waals surface area contributed by atoms with Crippen molar-refractivity contribution in [2.24, 2.45) is 0 Å². The van der Waals surface area contributed by atoms with Crippen LogP contribution in [0.2, 0.25) is 0 Å². The molecule has 3 rings (SSSR count). The van der Waals surface area contributed by atoms with Crippen LogP contribution in [0.25, 0.3) is 11.1 Å². The fourth-order valence-corrected chi connectivity index (χ4v) is 2.58. The summed E-state index contributed by atoms with van der Waals surface area (Å²) in [6.07, 6.45) is 3.76. The number of nitrogens with zero attached hydrogens (tertiary/aromatic N) is 2. The van der Waals surface area contributed by atoms with Gasteiger partial charge in [-0.1, -0.05) is 6.07 Å². The van der Waals surface area contributed by atoms with Gasteiger partial charge < -0.3 is 14.6 Å². The molecule has 0 amide bonds. The highest BCUT2D eigenvalue weighted by atomic mass is 16.3. The molecule has 1 N–H and O–H groups in total. The molecule has 0 bridgehead atoms. The van der Waals surface area contributed by atoms with Crippen molar-refractivity contribution in [1.82, 2.24) is 15.2 Å². The highest BCUT2D eigenvalue weighted by Crippen LogP contribution is 2.16. The van der Waals surface area contributed by atoms with Crippen LogP contribution in [0.15, 0.2) is 29.0 Å². The fourth-order valence-electron chi connectivity index (χ4n) is 2.58. The van der Waals surface area contributed by atoms with E-state index in [4.69, 9.17) is 4.42 Å². The van der Waals surface area contributed by atoms with E-state index in [0.717, 1.165) is 37.2 Å². The first kappa shape index (κ1) is 11.7. The maximum absolute atomic E-state index is 5.33. The van der Waals surface area contributed by atoms with E-state index in [1.807, 2.05) is 6.07 Å². The van der Waals surface area contributed by atoms with E-state index >= 15 is 0 Å². The Morgan fingerprint density at radius 1 is 1.50 bits per heavy atom. The molecule has 0 radical (unpaired) electrons. The van der Waals surface area contributed by atoms with E-state index in [9.17, 15) is 0 Å². The van der Waals surface area contributed by atoms with E-state index < -0.39 is 0 Å². The predicted octanol–water partition coefficient (Wildman–Crippen LogP) is 1.66. The number of hydrogen-bond acceptors (Lipinski definition) is 4. The summed E-state index contributed by atoms with van der Waals surface area (Å²) >= 11 is 0. The van der Waals surface area contributed by atoms with E-state index in [1.165, 1.54) is 18.4 Å². The molecule has 1 saturated heterocycles. The molecule has 1 aromatic heterocycles. The molecule has 0 spiro atoms. The molecular formula is C14H19N3O. The minimum Gasteiger partial charge on any atom is -0.443 e. The number of fused-ring (bicyclic) bond motifs is 1. The molecule has 1 aliphatic rings. The summed E-state index contributed by atoms with van der Waals surface area (Å²) in [6, 6.07) is 6.90. The van der Waals surface area contributed by atoms with Crippen LogP contribution in [0, 0.1) is 0 Å². The van der Waals surface area contributed by atoms with Crippen molar-refractivity contribution < 1.29 is 4.42 Å². The van der Waals surface area contributed by atoms with Crippen LogP contribution >= 0.6 is 0 Å². The van der Waals surface area contributed by atoms with Gasteiger partial charge in [0.15, 0.2) is 12.0 Å². The average molecular weight is 245 g/mol. The van der Waals surface area contributed by atoms with E-state index in [-0.39, 0.29) is 0 Å². The highest BCUT2D eigenvalue weighted by molar-refractivity contribution is 5.72. The average Bonchev–Trinajstić information content (AvgIpc) is 2.84. The monoisotopic (exact) mass is 245 g/mol. The predicted molar refractivity (Wildman–Crippen MR) is 71.6 cm³/mol. The molecule has 1 aromatic carbocycles. The lowest BCUT2D eigenvalue weighted by atomic mass is 10.0. The number of rotatable bonds is 3. The quantitative estimate of drug-likeness (QED) is 0.893. The second kappa shape index (κ2) is 5.08. The molecule has 2 heterocycles. The zero-order valence-corrected chi connectivity index (χ0v) is 10.7. The van der Waals surface area contributed by atoms with Gasteiger partial charge in [-0.15, -0.1) is 0 Å². The zero-order valence-electron chi connectivity index (χ0n) is 10.7. The fraction of sp³-hybridized carbons (Fsp3) is 0.500. The Labute approximate surface area is 107 Å². The number of aromatic nitrogens is 1. The first-order chi connectivity index (χ1) is 8.81. The van der Waals surface area contributed by atoms with Crippen LogP contribution in [-0.4, -0.2) is 42.6 Å². The van der Waals surface area contributed by atoms with Gasteiger partial charge in [-0.05, 0) is 37.6 Å². The number of nitrogens with one attached hydrogen (secondary N) is 1. The van der Waals surface area contributed by atoms with Gasteiger partial charge >= 0.3 is 0 Å². The lowest BCUT2D eigenvalue weighted by molar-refractivity contribution is 0.232. The number of hydrogen-bond donors (Lipinski definition) is 1. The minimum absolute atomic E-state index is 0.606. The van der Waals surface area contributed by atoms with Crippen molar-refractivity contribution >= 4 is 11.1 Å². The first-order valence-corrected chi connectivity index (χ1v) is 6.55. The summed E-state index contributed by atoms with van der Waals surface area (Å²) in [6.45, 7) is 3.40. The molecule has 1 unspecified atom stereocenters. The SMILES string of the molecule is CN1CCNC(CCc2ccc3ncoc3c2)C1. The number of aryl methyl sites for hydroxylation is 1. The molecule has 18 heavy (non-hydrogen) atoms. The topological polar surface area (TPSA) is 41.3 Å². The van der Waals surface area contributed by atoms with E-state index in [0.29, 0.717) is 6.04 Å². The van der Waals surface area contributed by atoms with E-state index in [2.05, 4.69) is 34.4 Å². The molecule has 4 nitrogen and oxygen atoms in total. The molecule has 1 fully saturated rings. The van der Waals surface area contributed by atoms with Crippen LogP contribution in [0.1, 0.15) is 12.0 Å². The largest absolute Gasteiger partial charge is 0.443 e. The van der Waals surface area contributed by atoms with Gasteiger partial charge in [0.05, 0.1) is 0 Å². The van der Waals surface area contributed by atoms with Crippen molar-refractivity contribution in [2.75, 3.05) is 26.7 Å². The van der Waals surface area contributed by atoms with Crippen LogP contribution in [0.4, 0.5) is 0 Å². The number of oxazole rings is 1. The first-order valence-electron chi connectivity index (χ1n) is 6.55. The molecular weight excluding hydrogens is 226 g/mol. The van der Waals surface area contributed by atoms with Gasteiger partial charge in [0, 0.05) is 25.7 Å². The second-order valence-corrected chi connectivity index (χ2v) is 5.11. The van der Waals surface area contributed by atoms with Gasteiger partial charge in [0.1, 0.15) is 5.52 Å². The van der Waals surface area contributed by atoms with E-state index in [1.54, 1.807) is 0 Å². The summed E-state index contributed by atoms with van der Waals surface area (Å²) in [7, 11) is 2.19.